The first-order valence-corrected chi connectivity index (χ1v) is 6.67. The SMILES string of the molecule is N#Cc1cc(Cn2cnc(CNC3CC3)c2)ccc1F. The normalized spacial score (nSPS) is 14.2. The van der Waals surface area contributed by atoms with E-state index in [1.165, 1.54) is 18.9 Å². The van der Waals surface area contributed by atoms with Crippen LogP contribution in [0.1, 0.15) is 29.7 Å². The summed E-state index contributed by atoms with van der Waals surface area (Å²) in [6.45, 7) is 1.37. The van der Waals surface area contributed by atoms with Crippen LogP contribution in [-0.2, 0) is 13.1 Å². The maximum absolute atomic E-state index is 13.2. The molecule has 1 aliphatic carbocycles. The van der Waals surface area contributed by atoms with Gasteiger partial charge in [0.05, 0.1) is 17.6 Å². The van der Waals surface area contributed by atoms with Gasteiger partial charge in [-0.15, -0.1) is 0 Å². The molecule has 1 aromatic carbocycles. The molecule has 5 heteroatoms. The molecular weight excluding hydrogens is 255 g/mol. The summed E-state index contributed by atoms with van der Waals surface area (Å²) >= 11 is 0. The molecule has 1 N–H and O–H groups in total. The highest BCUT2D eigenvalue weighted by Crippen LogP contribution is 2.19. The highest BCUT2D eigenvalue weighted by Gasteiger charge is 2.20. The zero-order valence-electron chi connectivity index (χ0n) is 11.0. The Bertz CT molecular complexity index is 652. The van der Waals surface area contributed by atoms with E-state index in [4.69, 9.17) is 5.26 Å². The van der Waals surface area contributed by atoms with Crippen molar-refractivity contribution in [1.29, 1.82) is 5.26 Å². The first-order chi connectivity index (χ1) is 9.74. The van der Waals surface area contributed by atoms with Crippen molar-refractivity contribution in [3.63, 3.8) is 0 Å². The molecule has 102 valence electrons. The van der Waals surface area contributed by atoms with E-state index in [1.54, 1.807) is 18.5 Å². The van der Waals surface area contributed by atoms with Gasteiger partial charge in [-0.05, 0) is 30.5 Å². The van der Waals surface area contributed by atoms with Gasteiger partial charge < -0.3 is 9.88 Å². The average Bonchev–Trinajstić information content (AvgIpc) is 3.18. The lowest BCUT2D eigenvalue weighted by molar-refractivity contribution is 0.622. The number of imidazole rings is 1. The van der Waals surface area contributed by atoms with Crippen LogP contribution in [0.15, 0.2) is 30.7 Å². The number of nitrogens with zero attached hydrogens (tertiary/aromatic N) is 3. The average molecular weight is 270 g/mol. The van der Waals surface area contributed by atoms with E-state index in [1.807, 2.05) is 16.8 Å². The Labute approximate surface area is 116 Å². The van der Waals surface area contributed by atoms with Gasteiger partial charge in [-0.3, -0.25) is 0 Å². The second kappa shape index (κ2) is 5.43. The third-order valence-electron chi connectivity index (χ3n) is 3.35. The molecule has 0 atom stereocenters. The van der Waals surface area contributed by atoms with Gasteiger partial charge >= 0.3 is 0 Å². The number of rotatable bonds is 5. The molecule has 1 heterocycles. The van der Waals surface area contributed by atoms with E-state index >= 15 is 0 Å². The van der Waals surface area contributed by atoms with Gasteiger partial charge in [-0.25, -0.2) is 9.37 Å². The van der Waals surface area contributed by atoms with Crippen LogP contribution in [0.2, 0.25) is 0 Å². The molecule has 0 unspecified atom stereocenters. The highest BCUT2D eigenvalue weighted by atomic mass is 19.1. The van der Waals surface area contributed by atoms with Crippen molar-refractivity contribution in [3.05, 3.63) is 53.4 Å². The topological polar surface area (TPSA) is 53.6 Å². The quantitative estimate of drug-likeness (QED) is 0.906. The van der Waals surface area contributed by atoms with Crippen LogP contribution in [0.4, 0.5) is 4.39 Å². The number of nitriles is 1. The van der Waals surface area contributed by atoms with Crippen molar-refractivity contribution in [1.82, 2.24) is 14.9 Å². The zero-order chi connectivity index (χ0) is 13.9. The van der Waals surface area contributed by atoms with Crippen LogP contribution in [-0.4, -0.2) is 15.6 Å². The maximum atomic E-state index is 13.2. The lowest BCUT2D eigenvalue weighted by atomic mass is 10.1. The van der Waals surface area contributed by atoms with E-state index < -0.39 is 5.82 Å². The molecule has 20 heavy (non-hydrogen) atoms. The monoisotopic (exact) mass is 270 g/mol. The van der Waals surface area contributed by atoms with E-state index in [0.717, 1.165) is 17.8 Å². The number of nitrogens with one attached hydrogen (secondary N) is 1. The summed E-state index contributed by atoms with van der Waals surface area (Å²) < 4.78 is 15.2. The lowest BCUT2D eigenvalue weighted by Gasteiger charge is -2.03. The summed E-state index contributed by atoms with van der Waals surface area (Å²) in [5.74, 6) is -0.476. The van der Waals surface area contributed by atoms with Gasteiger partial charge in [-0.2, -0.15) is 5.26 Å². The third kappa shape index (κ3) is 3.03. The largest absolute Gasteiger partial charge is 0.333 e. The highest BCUT2D eigenvalue weighted by molar-refractivity contribution is 5.34. The van der Waals surface area contributed by atoms with Crippen LogP contribution in [0.5, 0.6) is 0 Å². The minimum Gasteiger partial charge on any atom is -0.333 e. The van der Waals surface area contributed by atoms with Gasteiger partial charge in [-0.1, -0.05) is 6.07 Å². The van der Waals surface area contributed by atoms with Gasteiger partial charge in [0.1, 0.15) is 11.9 Å². The first kappa shape index (κ1) is 12.8. The van der Waals surface area contributed by atoms with Crippen LogP contribution >= 0.6 is 0 Å². The molecule has 0 saturated heterocycles. The molecular formula is C15H15FN4. The van der Waals surface area contributed by atoms with Gasteiger partial charge in [0.15, 0.2) is 0 Å². The van der Waals surface area contributed by atoms with Crippen molar-refractivity contribution < 1.29 is 4.39 Å². The Morgan fingerprint density at radius 3 is 3.05 bits per heavy atom. The summed E-state index contributed by atoms with van der Waals surface area (Å²) in [5.41, 5.74) is 1.97. The Kier molecular flexibility index (Phi) is 3.48. The van der Waals surface area contributed by atoms with Crippen molar-refractivity contribution >= 4 is 0 Å². The number of benzene rings is 1. The van der Waals surface area contributed by atoms with E-state index in [-0.39, 0.29) is 5.56 Å². The predicted molar refractivity (Wildman–Crippen MR) is 72.3 cm³/mol. The standard InChI is InChI=1S/C15H15FN4/c16-15-4-1-11(5-12(15)6-17)8-20-9-14(19-10-20)7-18-13-2-3-13/h1,4-5,9-10,13,18H,2-3,7-8H2. The van der Waals surface area contributed by atoms with Crippen molar-refractivity contribution in [2.75, 3.05) is 0 Å². The predicted octanol–water partition coefficient (Wildman–Crippen LogP) is 2.19. The molecule has 0 spiro atoms. The molecule has 4 nitrogen and oxygen atoms in total. The third-order valence-corrected chi connectivity index (χ3v) is 3.35. The molecule has 0 bridgehead atoms. The summed E-state index contributed by atoms with van der Waals surface area (Å²) in [5, 5.41) is 12.2. The van der Waals surface area contributed by atoms with Gasteiger partial charge in [0.2, 0.25) is 0 Å². The van der Waals surface area contributed by atoms with Gasteiger partial charge in [0.25, 0.3) is 0 Å². The number of halogens is 1. The number of hydrogen-bond acceptors (Lipinski definition) is 3. The van der Waals surface area contributed by atoms with Crippen LogP contribution in [0.25, 0.3) is 0 Å². The smallest absolute Gasteiger partial charge is 0.140 e. The molecule has 1 fully saturated rings. The van der Waals surface area contributed by atoms with E-state index in [9.17, 15) is 4.39 Å². The Balaban J connectivity index is 1.66. The molecule has 1 aliphatic rings. The summed E-state index contributed by atoms with van der Waals surface area (Å²) in [7, 11) is 0. The Hall–Kier alpha value is -2.19. The van der Waals surface area contributed by atoms with Crippen LogP contribution in [0, 0.1) is 17.1 Å². The van der Waals surface area contributed by atoms with E-state index in [2.05, 4.69) is 10.3 Å². The molecule has 1 saturated carbocycles. The van der Waals surface area contributed by atoms with Crippen molar-refractivity contribution in [2.45, 2.75) is 32.0 Å². The van der Waals surface area contributed by atoms with Crippen LogP contribution < -0.4 is 5.32 Å². The fourth-order valence-corrected chi connectivity index (χ4v) is 2.09. The summed E-state index contributed by atoms with van der Waals surface area (Å²) in [6, 6.07) is 7.13. The number of hydrogen-bond donors (Lipinski definition) is 1. The molecule has 3 rings (SSSR count). The fraction of sp³-hybridized carbons (Fsp3) is 0.333. The fourth-order valence-electron chi connectivity index (χ4n) is 2.09. The second-order valence-electron chi connectivity index (χ2n) is 5.12. The summed E-state index contributed by atoms with van der Waals surface area (Å²) in [6.07, 6.45) is 6.25. The summed E-state index contributed by atoms with van der Waals surface area (Å²) in [4.78, 5) is 4.33. The maximum Gasteiger partial charge on any atom is 0.140 e. The Morgan fingerprint density at radius 1 is 1.45 bits per heavy atom. The second-order valence-corrected chi connectivity index (χ2v) is 5.12. The first-order valence-electron chi connectivity index (χ1n) is 6.67. The Morgan fingerprint density at radius 2 is 2.30 bits per heavy atom. The van der Waals surface area contributed by atoms with Gasteiger partial charge in [0, 0.05) is 25.3 Å². The molecule has 1 aromatic heterocycles. The minimum atomic E-state index is -0.476. The molecule has 2 aromatic rings. The van der Waals surface area contributed by atoms with Crippen molar-refractivity contribution in [2.24, 2.45) is 0 Å². The molecule has 0 radical (unpaired) electrons. The molecule has 0 amide bonds. The minimum absolute atomic E-state index is 0.0817. The molecule has 0 aliphatic heterocycles. The van der Waals surface area contributed by atoms with Crippen LogP contribution in [0.3, 0.4) is 0 Å². The van der Waals surface area contributed by atoms with E-state index in [0.29, 0.717) is 12.6 Å². The zero-order valence-corrected chi connectivity index (χ0v) is 11.0. The lowest BCUT2D eigenvalue weighted by Crippen LogP contribution is -2.15. The van der Waals surface area contributed by atoms with Crippen molar-refractivity contribution in [3.8, 4) is 6.07 Å². The number of aromatic nitrogens is 2.